The van der Waals surface area contributed by atoms with Crippen LogP contribution in [0.3, 0.4) is 0 Å². The molecule has 0 saturated heterocycles. The van der Waals surface area contributed by atoms with Crippen LogP contribution < -0.4 is 0 Å². The van der Waals surface area contributed by atoms with Gasteiger partial charge in [0, 0.05) is 19.3 Å². The molecule has 0 aromatic heterocycles. The molecule has 0 rings (SSSR count). The molecule has 1 unspecified atom stereocenters. The maximum Gasteiger partial charge on any atom is 0.306 e. The summed E-state index contributed by atoms with van der Waals surface area (Å²) in [7, 11) is 0. The largest absolute Gasteiger partial charge is 0.462 e. The molecule has 0 aliphatic carbocycles. The van der Waals surface area contributed by atoms with E-state index in [0.717, 1.165) is 96.3 Å². The molecule has 0 aliphatic rings. The van der Waals surface area contributed by atoms with Crippen molar-refractivity contribution in [1.82, 2.24) is 0 Å². The van der Waals surface area contributed by atoms with Crippen LogP contribution in [-0.2, 0) is 28.6 Å². The molecule has 0 N–H and O–H groups in total. The van der Waals surface area contributed by atoms with Crippen molar-refractivity contribution in [2.45, 2.75) is 335 Å². The highest BCUT2D eigenvalue weighted by Crippen LogP contribution is 2.17. The lowest BCUT2D eigenvalue weighted by Gasteiger charge is -2.18. The molecule has 1 atom stereocenters. The molecular formula is C65H118O6. The molecule has 6 heteroatoms. The van der Waals surface area contributed by atoms with Crippen LogP contribution in [-0.4, -0.2) is 37.2 Å². The highest BCUT2D eigenvalue weighted by Gasteiger charge is 2.19. The molecule has 0 aliphatic heterocycles. The monoisotopic (exact) mass is 995 g/mol. The van der Waals surface area contributed by atoms with E-state index < -0.39 is 6.10 Å². The Balaban J connectivity index is 4.40. The fourth-order valence-electron chi connectivity index (χ4n) is 9.13. The van der Waals surface area contributed by atoms with Crippen molar-refractivity contribution in [3.8, 4) is 0 Å². The maximum absolute atomic E-state index is 12.9. The summed E-state index contributed by atoms with van der Waals surface area (Å²) in [5, 5.41) is 0. The molecule has 0 aromatic rings. The third-order valence-corrected chi connectivity index (χ3v) is 13.9. The number of ether oxygens (including phenoxy) is 3. The van der Waals surface area contributed by atoms with Crippen molar-refractivity contribution in [1.29, 1.82) is 0 Å². The minimum absolute atomic E-state index is 0.0813. The first-order chi connectivity index (χ1) is 35.0. The Morgan fingerprint density at radius 3 is 0.746 bits per heavy atom. The number of hydrogen-bond donors (Lipinski definition) is 0. The van der Waals surface area contributed by atoms with Gasteiger partial charge in [-0.25, -0.2) is 0 Å². The molecule has 6 nitrogen and oxygen atoms in total. The minimum Gasteiger partial charge on any atom is -0.462 e. The Morgan fingerprint density at radius 1 is 0.282 bits per heavy atom. The average molecular weight is 996 g/mol. The topological polar surface area (TPSA) is 78.9 Å². The zero-order valence-electron chi connectivity index (χ0n) is 47.5. The van der Waals surface area contributed by atoms with Gasteiger partial charge in [-0.15, -0.1) is 0 Å². The van der Waals surface area contributed by atoms with E-state index in [4.69, 9.17) is 14.2 Å². The smallest absolute Gasteiger partial charge is 0.306 e. The summed E-state index contributed by atoms with van der Waals surface area (Å²) in [4.78, 5) is 38.3. The Bertz CT molecular complexity index is 1230. The standard InChI is InChI=1S/C65H118O6/c1-4-7-10-13-16-19-22-25-28-31-34-37-40-43-46-49-52-55-58-64(67)70-61-62(60-69-63(66)57-54-51-48-45-42-39-36-33-30-27-24-21-18-15-12-9-6-3)71-65(68)59-56-53-50-47-44-41-38-35-32-29-26-23-20-17-14-11-8-5-2/h28-29,31-32,34-35,37-38,62H,4-27,30,33,36,39-61H2,1-3H3/b31-28-,32-29-,37-34-,38-35-. The molecule has 0 heterocycles. The van der Waals surface area contributed by atoms with E-state index in [9.17, 15) is 14.4 Å². The number of hydrogen-bond acceptors (Lipinski definition) is 6. The lowest BCUT2D eigenvalue weighted by Crippen LogP contribution is -2.30. The first-order valence-corrected chi connectivity index (χ1v) is 31.2. The van der Waals surface area contributed by atoms with Gasteiger partial charge in [0.05, 0.1) is 0 Å². The Morgan fingerprint density at radius 2 is 0.493 bits per heavy atom. The average Bonchev–Trinajstić information content (AvgIpc) is 3.37. The summed E-state index contributed by atoms with van der Waals surface area (Å²) in [6.45, 7) is 6.65. The van der Waals surface area contributed by atoms with Crippen LogP contribution in [0.2, 0.25) is 0 Å². The van der Waals surface area contributed by atoms with Gasteiger partial charge in [0.1, 0.15) is 13.2 Å². The SMILES string of the molecule is CCCCCCCCC/C=C\C=C/CCCCCCCC(=O)OCC(COC(=O)CCCCCCCCCCCCCCCCCCC)OC(=O)CCCCCCC/C=C\C=C/CCCCCCCCC. The summed E-state index contributed by atoms with van der Waals surface area (Å²) >= 11 is 0. The Labute approximate surface area is 441 Å². The Hall–Kier alpha value is -2.63. The summed E-state index contributed by atoms with van der Waals surface area (Å²) < 4.78 is 16.9. The Kier molecular flexibility index (Phi) is 57.7. The van der Waals surface area contributed by atoms with Crippen LogP contribution in [0.25, 0.3) is 0 Å². The van der Waals surface area contributed by atoms with Gasteiger partial charge in [-0.3, -0.25) is 14.4 Å². The van der Waals surface area contributed by atoms with Gasteiger partial charge < -0.3 is 14.2 Å². The number of esters is 3. The fourth-order valence-corrected chi connectivity index (χ4v) is 9.13. The highest BCUT2D eigenvalue weighted by molar-refractivity contribution is 5.71. The van der Waals surface area contributed by atoms with Crippen molar-refractivity contribution in [2.24, 2.45) is 0 Å². The number of allylic oxidation sites excluding steroid dienone is 8. The van der Waals surface area contributed by atoms with Gasteiger partial charge in [-0.05, 0) is 70.6 Å². The number of carbonyl (C=O) groups excluding carboxylic acids is 3. The zero-order chi connectivity index (χ0) is 51.4. The van der Waals surface area contributed by atoms with Crippen LogP contribution in [0, 0.1) is 0 Å². The number of carbonyl (C=O) groups is 3. The van der Waals surface area contributed by atoms with Crippen molar-refractivity contribution >= 4 is 17.9 Å². The van der Waals surface area contributed by atoms with E-state index >= 15 is 0 Å². The van der Waals surface area contributed by atoms with Gasteiger partial charge in [0.15, 0.2) is 6.10 Å². The van der Waals surface area contributed by atoms with Crippen molar-refractivity contribution < 1.29 is 28.6 Å². The quantitative estimate of drug-likeness (QED) is 0.0261. The number of unbranched alkanes of at least 4 members (excludes halogenated alkanes) is 40. The van der Waals surface area contributed by atoms with Crippen LogP contribution in [0.1, 0.15) is 329 Å². The highest BCUT2D eigenvalue weighted by atomic mass is 16.6. The van der Waals surface area contributed by atoms with Crippen LogP contribution in [0.15, 0.2) is 48.6 Å². The lowest BCUT2D eigenvalue weighted by atomic mass is 10.0. The molecule has 0 amide bonds. The second-order valence-electron chi connectivity index (χ2n) is 21.0. The summed E-state index contributed by atoms with van der Waals surface area (Å²) in [6, 6.07) is 0. The second kappa shape index (κ2) is 59.9. The lowest BCUT2D eigenvalue weighted by molar-refractivity contribution is -0.167. The zero-order valence-corrected chi connectivity index (χ0v) is 47.5. The summed E-state index contributed by atoms with van der Waals surface area (Å²) in [5.41, 5.74) is 0. The molecule has 0 radical (unpaired) electrons. The molecule has 0 aromatic carbocycles. The van der Waals surface area contributed by atoms with Gasteiger partial charge in [-0.1, -0.05) is 288 Å². The van der Waals surface area contributed by atoms with Gasteiger partial charge >= 0.3 is 17.9 Å². The first kappa shape index (κ1) is 68.4. The van der Waals surface area contributed by atoms with Crippen LogP contribution >= 0.6 is 0 Å². The maximum atomic E-state index is 12.9. The van der Waals surface area contributed by atoms with E-state index in [-0.39, 0.29) is 31.1 Å². The molecular weight excluding hydrogens is 877 g/mol. The molecule has 414 valence electrons. The van der Waals surface area contributed by atoms with Crippen molar-refractivity contribution in [3.05, 3.63) is 48.6 Å². The van der Waals surface area contributed by atoms with Crippen molar-refractivity contribution in [2.75, 3.05) is 13.2 Å². The third-order valence-electron chi connectivity index (χ3n) is 13.9. The normalized spacial score (nSPS) is 12.3. The van der Waals surface area contributed by atoms with Gasteiger partial charge in [0.25, 0.3) is 0 Å². The van der Waals surface area contributed by atoms with E-state index in [0.29, 0.717) is 19.3 Å². The molecule has 0 bridgehead atoms. The van der Waals surface area contributed by atoms with Crippen molar-refractivity contribution in [3.63, 3.8) is 0 Å². The molecule has 0 saturated carbocycles. The summed E-state index contributed by atoms with van der Waals surface area (Å²) in [5.74, 6) is -0.893. The third kappa shape index (κ3) is 58.1. The van der Waals surface area contributed by atoms with Gasteiger partial charge in [0.2, 0.25) is 0 Å². The van der Waals surface area contributed by atoms with E-state index in [2.05, 4.69) is 69.4 Å². The van der Waals surface area contributed by atoms with Gasteiger partial charge in [-0.2, -0.15) is 0 Å². The fraction of sp³-hybridized carbons (Fsp3) is 0.831. The molecule has 0 fully saturated rings. The van der Waals surface area contributed by atoms with E-state index in [1.165, 1.54) is 193 Å². The second-order valence-corrected chi connectivity index (χ2v) is 21.0. The minimum atomic E-state index is -0.787. The van der Waals surface area contributed by atoms with Crippen LogP contribution in [0.5, 0.6) is 0 Å². The predicted octanol–water partition coefficient (Wildman–Crippen LogP) is 21.0. The predicted molar refractivity (Wildman–Crippen MR) is 307 cm³/mol. The van der Waals surface area contributed by atoms with E-state index in [1.807, 2.05) is 0 Å². The summed E-state index contributed by atoms with van der Waals surface area (Å²) in [6.07, 6.45) is 73.9. The molecule has 0 spiro atoms. The van der Waals surface area contributed by atoms with Crippen LogP contribution in [0.4, 0.5) is 0 Å². The first-order valence-electron chi connectivity index (χ1n) is 31.2. The molecule has 71 heavy (non-hydrogen) atoms. The number of rotatable bonds is 57. The van der Waals surface area contributed by atoms with E-state index in [1.54, 1.807) is 0 Å².